The summed E-state index contributed by atoms with van der Waals surface area (Å²) in [4.78, 5) is 22.2. The number of hydrogen-bond acceptors (Lipinski definition) is 2. The molecule has 0 saturated carbocycles. The van der Waals surface area contributed by atoms with Crippen LogP contribution in [0.4, 0.5) is 10.5 Å². The number of carbonyl (C=O) groups is 2. The van der Waals surface area contributed by atoms with Crippen LogP contribution in [0.2, 0.25) is 0 Å². The molecule has 0 radical (unpaired) electrons. The number of hydrogen-bond donors (Lipinski definition) is 3. The van der Waals surface area contributed by atoms with Crippen molar-refractivity contribution < 1.29 is 14.7 Å². The Morgan fingerprint density at radius 3 is 2.38 bits per heavy atom. The number of nitrogens with one attached hydrogen (secondary N) is 2. The molecule has 5 heteroatoms. The number of anilines is 1. The number of carboxylic acid groups (broad SMARTS) is 1. The Kier molecular flexibility index (Phi) is 7.29. The molecular formula is C16H24N2O3. The molecule has 1 aromatic rings. The summed E-state index contributed by atoms with van der Waals surface area (Å²) in [7, 11) is 0. The summed E-state index contributed by atoms with van der Waals surface area (Å²) in [5.41, 5.74) is 1.37. The van der Waals surface area contributed by atoms with Crippen LogP contribution >= 0.6 is 0 Å². The summed E-state index contributed by atoms with van der Waals surface area (Å²) in [5.74, 6) is -0.169. The first-order chi connectivity index (χ1) is 9.97. The van der Waals surface area contributed by atoms with E-state index in [1.165, 1.54) is 6.42 Å². The second-order valence-corrected chi connectivity index (χ2v) is 5.54. The van der Waals surface area contributed by atoms with Crippen LogP contribution in [-0.2, 0) is 11.2 Å². The van der Waals surface area contributed by atoms with Crippen molar-refractivity contribution >= 4 is 17.7 Å². The lowest BCUT2D eigenvalue weighted by atomic mass is 10.1. The predicted molar refractivity (Wildman–Crippen MR) is 83.5 cm³/mol. The summed E-state index contributed by atoms with van der Waals surface area (Å²) >= 11 is 0. The number of aliphatic carboxylic acids is 1. The molecule has 5 nitrogen and oxygen atoms in total. The SMILES string of the molecule is CC(C)CCCCNC(=O)Nc1ccc(CC(=O)O)cc1. The summed E-state index contributed by atoms with van der Waals surface area (Å²) < 4.78 is 0. The lowest BCUT2D eigenvalue weighted by molar-refractivity contribution is -0.136. The average Bonchev–Trinajstić information content (AvgIpc) is 2.39. The molecule has 0 saturated heterocycles. The number of unbranched alkanes of at least 4 members (excludes halogenated alkanes) is 1. The normalized spacial score (nSPS) is 10.4. The molecule has 1 rings (SSSR count). The van der Waals surface area contributed by atoms with Crippen molar-refractivity contribution in [3.63, 3.8) is 0 Å². The van der Waals surface area contributed by atoms with E-state index in [1.807, 2.05) is 0 Å². The van der Waals surface area contributed by atoms with Crippen LogP contribution in [0.25, 0.3) is 0 Å². The van der Waals surface area contributed by atoms with Gasteiger partial charge in [0.15, 0.2) is 0 Å². The van der Waals surface area contributed by atoms with Gasteiger partial charge >= 0.3 is 12.0 Å². The van der Waals surface area contributed by atoms with E-state index in [1.54, 1.807) is 24.3 Å². The molecule has 3 N–H and O–H groups in total. The third-order valence-electron chi connectivity index (χ3n) is 3.06. The van der Waals surface area contributed by atoms with Crippen molar-refractivity contribution in [3.05, 3.63) is 29.8 Å². The minimum Gasteiger partial charge on any atom is -0.481 e. The molecule has 1 aromatic carbocycles. The maximum Gasteiger partial charge on any atom is 0.319 e. The Hall–Kier alpha value is -2.04. The van der Waals surface area contributed by atoms with Gasteiger partial charge in [0.2, 0.25) is 0 Å². The summed E-state index contributed by atoms with van der Waals surface area (Å²) in [6.45, 7) is 5.04. The van der Waals surface area contributed by atoms with E-state index < -0.39 is 5.97 Å². The van der Waals surface area contributed by atoms with Gasteiger partial charge in [-0.2, -0.15) is 0 Å². The Balaban J connectivity index is 2.26. The second kappa shape index (κ2) is 9.00. The molecule has 0 bridgehead atoms. The number of urea groups is 1. The van der Waals surface area contributed by atoms with Crippen molar-refractivity contribution in [1.29, 1.82) is 0 Å². The van der Waals surface area contributed by atoms with Crippen LogP contribution in [0.1, 0.15) is 38.7 Å². The molecule has 21 heavy (non-hydrogen) atoms. The molecule has 0 spiro atoms. The zero-order valence-electron chi connectivity index (χ0n) is 12.7. The first-order valence-electron chi connectivity index (χ1n) is 7.33. The highest BCUT2D eigenvalue weighted by molar-refractivity contribution is 5.89. The Labute approximate surface area is 125 Å². The van der Waals surface area contributed by atoms with E-state index in [9.17, 15) is 9.59 Å². The van der Waals surface area contributed by atoms with Gasteiger partial charge in [0.05, 0.1) is 6.42 Å². The molecule has 0 aliphatic rings. The molecular weight excluding hydrogens is 268 g/mol. The van der Waals surface area contributed by atoms with Gasteiger partial charge in [-0.1, -0.05) is 38.8 Å². The van der Waals surface area contributed by atoms with E-state index in [2.05, 4.69) is 24.5 Å². The molecule has 0 aromatic heterocycles. The van der Waals surface area contributed by atoms with E-state index in [-0.39, 0.29) is 12.5 Å². The van der Waals surface area contributed by atoms with Crippen molar-refractivity contribution in [2.24, 2.45) is 5.92 Å². The van der Waals surface area contributed by atoms with Crippen LogP contribution in [0.3, 0.4) is 0 Å². The maximum atomic E-state index is 11.7. The van der Waals surface area contributed by atoms with Gasteiger partial charge in [-0.25, -0.2) is 4.79 Å². The predicted octanol–water partition coefficient (Wildman–Crippen LogP) is 3.26. The first kappa shape index (κ1) is 17.0. The Bertz CT molecular complexity index is 455. The van der Waals surface area contributed by atoms with Crippen LogP contribution < -0.4 is 10.6 Å². The molecule has 116 valence electrons. The lowest BCUT2D eigenvalue weighted by Crippen LogP contribution is -2.29. The second-order valence-electron chi connectivity index (χ2n) is 5.54. The van der Waals surface area contributed by atoms with Crippen LogP contribution in [0.5, 0.6) is 0 Å². The van der Waals surface area contributed by atoms with E-state index in [0.29, 0.717) is 23.7 Å². The number of carboxylic acids is 1. The topological polar surface area (TPSA) is 78.4 Å². The monoisotopic (exact) mass is 292 g/mol. The van der Waals surface area contributed by atoms with Crippen molar-refractivity contribution in [2.45, 2.75) is 39.5 Å². The summed E-state index contributed by atoms with van der Waals surface area (Å²) in [5, 5.41) is 14.2. The van der Waals surface area contributed by atoms with Gasteiger partial charge in [-0.3, -0.25) is 4.79 Å². The number of carbonyl (C=O) groups excluding carboxylic acids is 1. The quantitative estimate of drug-likeness (QED) is 0.643. The van der Waals surface area contributed by atoms with Crippen molar-refractivity contribution in [2.75, 3.05) is 11.9 Å². The van der Waals surface area contributed by atoms with Gasteiger partial charge in [0.1, 0.15) is 0 Å². The molecule has 2 amide bonds. The van der Waals surface area contributed by atoms with Crippen molar-refractivity contribution in [1.82, 2.24) is 5.32 Å². The molecule has 0 fully saturated rings. The molecule has 0 heterocycles. The largest absolute Gasteiger partial charge is 0.481 e. The fraction of sp³-hybridized carbons (Fsp3) is 0.500. The average molecular weight is 292 g/mol. The summed E-state index contributed by atoms with van der Waals surface area (Å²) in [6.07, 6.45) is 3.25. The smallest absolute Gasteiger partial charge is 0.319 e. The van der Waals surface area contributed by atoms with Gasteiger partial charge in [0.25, 0.3) is 0 Å². The number of benzene rings is 1. The van der Waals surface area contributed by atoms with Gasteiger partial charge in [-0.15, -0.1) is 0 Å². The third-order valence-corrected chi connectivity index (χ3v) is 3.06. The first-order valence-corrected chi connectivity index (χ1v) is 7.33. The highest BCUT2D eigenvalue weighted by atomic mass is 16.4. The fourth-order valence-corrected chi connectivity index (χ4v) is 1.94. The standard InChI is InChI=1S/C16H24N2O3/c1-12(2)5-3-4-10-17-16(21)18-14-8-6-13(7-9-14)11-15(19)20/h6-9,12H,3-5,10-11H2,1-2H3,(H,19,20)(H2,17,18,21). The van der Waals surface area contributed by atoms with E-state index >= 15 is 0 Å². The Morgan fingerprint density at radius 2 is 1.81 bits per heavy atom. The zero-order chi connectivity index (χ0) is 15.7. The number of amides is 2. The highest BCUT2D eigenvalue weighted by Crippen LogP contribution is 2.10. The van der Waals surface area contributed by atoms with Gasteiger partial charge in [0, 0.05) is 12.2 Å². The minimum atomic E-state index is -0.866. The highest BCUT2D eigenvalue weighted by Gasteiger charge is 2.03. The fourth-order valence-electron chi connectivity index (χ4n) is 1.94. The molecule has 0 aliphatic heterocycles. The van der Waals surface area contributed by atoms with Gasteiger partial charge < -0.3 is 15.7 Å². The van der Waals surface area contributed by atoms with Crippen LogP contribution in [0, 0.1) is 5.92 Å². The third kappa shape index (κ3) is 7.97. The number of rotatable bonds is 8. The van der Waals surface area contributed by atoms with E-state index in [4.69, 9.17) is 5.11 Å². The molecule has 0 aliphatic carbocycles. The Morgan fingerprint density at radius 1 is 1.14 bits per heavy atom. The van der Waals surface area contributed by atoms with Gasteiger partial charge in [-0.05, 0) is 30.0 Å². The zero-order valence-corrected chi connectivity index (χ0v) is 12.7. The molecule has 0 atom stereocenters. The minimum absolute atomic E-state index is 0.0116. The van der Waals surface area contributed by atoms with Crippen LogP contribution in [0.15, 0.2) is 24.3 Å². The summed E-state index contributed by atoms with van der Waals surface area (Å²) in [6, 6.07) is 6.58. The van der Waals surface area contributed by atoms with E-state index in [0.717, 1.165) is 12.8 Å². The lowest BCUT2D eigenvalue weighted by Gasteiger charge is -2.08. The van der Waals surface area contributed by atoms with Crippen molar-refractivity contribution in [3.8, 4) is 0 Å². The van der Waals surface area contributed by atoms with Crippen LogP contribution in [-0.4, -0.2) is 23.7 Å². The molecule has 0 unspecified atom stereocenters. The maximum absolute atomic E-state index is 11.7.